The van der Waals surface area contributed by atoms with Crippen LogP contribution in [0.4, 0.5) is 9.59 Å². The zero-order valence-electron chi connectivity index (χ0n) is 31.9. The quantitative estimate of drug-likeness (QED) is 0.0921. The van der Waals surface area contributed by atoms with Crippen LogP contribution in [0.3, 0.4) is 0 Å². The highest BCUT2D eigenvalue weighted by Crippen LogP contribution is 2.65. The number of amides is 6. The number of ketones is 1. The lowest BCUT2D eigenvalue weighted by atomic mass is 9.70. The number of carbonyl (C=O) groups excluding carboxylic acids is 6. The molecule has 13 heteroatoms. The molecule has 1 heterocycles. The lowest BCUT2D eigenvalue weighted by Gasteiger charge is -2.43. The molecule has 13 nitrogen and oxygen atoms in total. The van der Waals surface area contributed by atoms with Gasteiger partial charge in [0.1, 0.15) is 18.7 Å². The number of alkyl carbamates (subject to hydrolysis) is 1. The second-order valence-corrected chi connectivity index (χ2v) is 17.2. The topological polar surface area (TPSA) is 175 Å². The Hall–Kier alpha value is -4.08. The third kappa shape index (κ3) is 9.86. The third-order valence-corrected chi connectivity index (χ3v) is 11.8. The Bertz CT molecular complexity index is 1420. The van der Waals surface area contributed by atoms with E-state index in [1.54, 1.807) is 4.90 Å². The average molecular weight is 725 g/mol. The molecule has 6 atom stereocenters. The predicted octanol–water partition coefficient (Wildman–Crippen LogP) is 3.43. The normalized spacial score (nSPS) is 24.4. The van der Waals surface area contributed by atoms with Crippen LogP contribution in [0.2, 0.25) is 0 Å². The van der Waals surface area contributed by atoms with Crippen LogP contribution >= 0.6 is 0 Å². The van der Waals surface area contributed by atoms with Crippen molar-refractivity contribution in [3.8, 4) is 12.3 Å². The molecule has 1 aliphatic heterocycles. The lowest BCUT2D eigenvalue weighted by Crippen LogP contribution is -2.63. The Kier molecular flexibility index (Phi) is 13.1. The molecule has 0 aromatic carbocycles. The van der Waals surface area contributed by atoms with E-state index in [9.17, 15) is 28.8 Å². The van der Waals surface area contributed by atoms with E-state index in [-0.39, 0.29) is 49.2 Å². The second-order valence-electron chi connectivity index (χ2n) is 17.2. The Morgan fingerprint density at radius 2 is 1.67 bits per heavy atom. The third-order valence-electron chi connectivity index (χ3n) is 11.8. The predicted molar refractivity (Wildman–Crippen MR) is 196 cm³/mol. The van der Waals surface area contributed by atoms with E-state index in [4.69, 9.17) is 11.2 Å². The first-order valence-electron chi connectivity index (χ1n) is 18.9. The summed E-state index contributed by atoms with van der Waals surface area (Å²) in [5.41, 5.74) is -1.29. The fraction of sp³-hybridized carbons (Fsp3) is 0.744. The average Bonchev–Trinajstić information content (AvgIpc) is 3.96. The van der Waals surface area contributed by atoms with Crippen LogP contribution in [0.15, 0.2) is 12.7 Å². The monoisotopic (exact) mass is 724 g/mol. The van der Waals surface area contributed by atoms with Gasteiger partial charge >= 0.3 is 12.1 Å². The molecule has 3 unspecified atom stereocenters. The molecule has 0 aromatic heterocycles. The van der Waals surface area contributed by atoms with Crippen molar-refractivity contribution in [2.75, 3.05) is 26.2 Å². The minimum absolute atomic E-state index is 0.0464. The van der Waals surface area contributed by atoms with Gasteiger partial charge in [-0.3, -0.25) is 19.2 Å². The van der Waals surface area contributed by atoms with E-state index in [2.05, 4.69) is 52.9 Å². The van der Waals surface area contributed by atoms with E-state index >= 15 is 0 Å². The van der Waals surface area contributed by atoms with Crippen molar-refractivity contribution < 1.29 is 33.5 Å². The van der Waals surface area contributed by atoms with Crippen LogP contribution in [0, 0.1) is 46.3 Å². The highest BCUT2D eigenvalue weighted by atomic mass is 16.5. The molecule has 0 radical (unpaired) electrons. The summed E-state index contributed by atoms with van der Waals surface area (Å²) in [5, 5.41) is 14.0. The van der Waals surface area contributed by atoms with Crippen LogP contribution in [0.5, 0.6) is 0 Å². The molecule has 5 N–H and O–H groups in total. The highest BCUT2D eigenvalue weighted by molar-refractivity contribution is 6.38. The van der Waals surface area contributed by atoms with Gasteiger partial charge in [-0.1, -0.05) is 66.9 Å². The van der Waals surface area contributed by atoms with E-state index in [1.165, 1.54) is 6.08 Å². The van der Waals surface area contributed by atoms with Gasteiger partial charge in [-0.15, -0.1) is 18.9 Å². The first-order valence-corrected chi connectivity index (χ1v) is 18.9. The summed E-state index contributed by atoms with van der Waals surface area (Å²) in [5.74, 6) is 0.271. The van der Waals surface area contributed by atoms with Gasteiger partial charge in [0.15, 0.2) is 0 Å². The molecule has 6 amide bonds. The van der Waals surface area contributed by atoms with Crippen molar-refractivity contribution in [2.45, 2.75) is 123 Å². The largest absolute Gasteiger partial charge is 0.447 e. The summed E-state index contributed by atoms with van der Waals surface area (Å²) in [6.07, 6.45) is 13.0. The van der Waals surface area contributed by atoms with Gasteiger partial charge in [-0.05, 0) is 66.1 Å². The highest BCUT2D eigenvalue weighted by Gasteiger charge is 2.70. The van der Waals surface area contributed by atoms with Crippen LogP contribution in [-0.2, 0) is 23.9 Å². The molecule has 4 aliphatic rings. The summed E-state index contributed by atoms with van der Waals surface area (Å²) in [6, 6.07) is -4.16. The van der Waals surface area contributed by atoms with Crippen LogP contribution < -0.4 is 26.6 Å². The molecular formula is C39H60N6O7. The van der Waals surface area contributed by atoms with Crippen molar-refractivity contribution in [1.82, 2.24) is 31.5 Å². The molecular weight excluding hydrogens is 664 g/mol. The molecule has 1 saturated heterocycles. The minimum Gasteiger partial charge on any atom is -0.447 e. The van der Waals surface area contributed by atoms with Gasteiger partial charge in [0.05, 0.1) is 12.1 Å². The lowest BCUT2D eigenvalue weighted by molar-refractivity contribution is -0.146. The van der Waals surface area contributed by atoms with Gasteiger partial charge < -0.3 is 36.2 Å². The van der Waals surface area contributed by atoms with E-state index in [0.717, 1.165) is 32.1 Å². The number of Topliss-reactive ketones (excluding diaryl/α,β-unsaturated/α-hetero) is 1. The molecule has 288 valence electrons. The molecule has 0 bridgehead atoms. The number of hydrogen-bond acceptors (Lipinski definition) is 7. The summed E-state index contributed by atoms with van der Waals surface area (Å²) in [4.78, 5) is 82.4. The first kappa shape index (κ1) is 40.7. The number of carbonyl (C=O) groups is 6. The van der Waals surface area contributed by atoms with Gasteiger partial charge in [0.2, 0.25) is 17.6 Å². The molecule has 52 heavy (non-hydrogen) atoms. The zero-order valence-corrected chi connectivity index (χ0v) is 31.9. The number of fused-ring (bicyclic) bond motifs is 1. The van der Waals surface area contributed by atoms with Crippen molar-refractivity contribution in [1.29, 1.82) is 0 Å². The number of likely N-dealkylation sites (tertiary alicyclic amines) is 1. The summed E-state index contributed by atoms with van der Waals surface area (Å²) >= 11 is 0. The van der Waals surface area contributed by atoms with Crippen LogP contribution in [0.25, 0.3) is 0 Å². The van der Waals surface area contributed by atoms with Crippen molar-refractivity contribution in [3.63, 3.8) is 0 Å². The number of ether oxygens (including phenoxy) is 1. The summed E-state index contributed by atoms with van der Waals surface area (Å²) < 4.78 is 5.49. The molecule has 0 aromatic rings. The number of urea groups is 1. The maximum atomic E-state index is 14.8. The van der Waals surface area contributed by atoms with Gasteiger partial charge in [-0.25, -0.2) is 9.59 Å². The summed E-state index contributed by atoms with van der Waals surface area (Å²) in [7, 11) is 0. The van der Waals surface area contributed by atoms with Crippen LogP contribution in [-0.4, -0.2) is 90.9 Å². The maximum Gasteiger partial charge on any atom is 0.407 e. The number of nitrogens with one attached hydrogen (secondary N) is 5. The van der Waals surface area contributed by atoms with E-state index in [1.807, 2.05) is 27.7 Å². The number of hydrogen-bond donors (Lipinski definition) is 5. The van der Waals surface area contributed by atoms with E-state index in [0.29, 0.717) is 31.8 Å². The van der Waals surface area contributed by atoms with Gasteiger partial charge in [0, 0.05) is 26.1 Å². The van der Waals surface area contributed by atoms with Crippen molar-refractivity contribution >= 4 is 35.6 Å². The molecule has 4 fully saturated rings. The molecule has 4 rings (SSSR count). The van der Waals surface area contributed by atoms with E-state index < -0.39 is 64.7 Å². The second kappa shape index (κ2) is 16.7. The molecule has 3 aliphatic carbocycles. The Morgan fingerprint density at radius 1 is 1.00 bits per heavy atom. The first-order chi connectivity index (χ1) is 24.4. The Labute approximate surface area is 308 Å². The fourth-order valence-corrected chi connectivity index (χ4v) is 7.92. The smallest absolute Gasteiger partial charge is 0.407 e. The number of terminal acetylenes is 1. The number of nitrogens with zero attached hydrogens (tertiary/aromatic N) is 1. The number of rotatable bonds is 16. The van der Waals surface area contributed by atoms with Gasteiger partial charge in [-0.2, -0.15) is 0 Å². The zero-order chi connectivity index (χ0) is 38.4. The van der Waals surface area contributed by atoms with Crippen molar-refractivity contribution in [2.24, 2.45) is 34.0 Å². The SMILES string of the molecule is C#CCCC(NC(=O)[C@@H]1[C@@H]2[C@H](CN1C(=O)C(NC(=O)NC(COC(=O)NCC1CC1)C(C)(C)C)C1(C)CCCCC1)C2(C)C)C(=O)C(=O)NCC=C. The summed E-state index contributed by atoms with van der Waals surface area (Å²) in [6.45, 7) is 16.4. The Morgan fingerprint density at radius 3 is 2.27 bits per heavy atom. The van der Waals surface area contributed by atoms with Gasteiger partial charge in [0.25, 0.3) is 5.91 Å². The maximum absolute atomic E-state index is 14.8. The number of piperidine rings is 1. The standard InChI is InChI=1S/C39H60N6O7/c1-9-11-15-26(30(46)33(48)40-20-10-2)42-32(47)29-28-25(38(28,6)7)22-45(29)34(49)31(39(8)18-13-12-14-19-39)44-35(50)43-27(37(3,4)5)23-52-36(51)41-21-24-16-17-24/h1,10,24-29,31H,2,11-23H2,3-8H3,(H,40,48)(H,41,51)(H,42,47)(H2,43,44,50)/t25-,26?,27?,28-,29-,31?/m0/s1. The minimum atomic E-state index is -1.17. The van der Waals surface area contributed by atoms with Crippen LogP contribution in [0.1, 0.15) is 99.3 Å². The molecule has 0 spiro atoms. The van der Waals surface area contributed by atoms with Crippen molar-refractivity contribution in [3.05, 3.63) is 12.7 Å². The Balaban J connectivity index is 1.54. The molecule has 3 saturated carbocycles. The fourth-order valence-electron chi connectivity index (χ4n) is 7.92.